The predicted molar refractivity (Wildman–Crippen MR) is 125 cm³/mol. The number of amides is 1. The zero-order valence-electron chi connectivity index (χ0n) is 19.3. The molecular formula is C22H20N6O8. The summed E-state index contributed by atoms with van der Waals surface area (Å²) in [4.78, 5) is 45.2. The number of benzene rings is 2. The van der Waals surface area contributed by atoms with Crippen LogP contribution in [0.4, 0.5) is 11.4 Å². The fraction of sp³-hybridized carbons (Fsp3) is 0.182. The van der Waals surface area contributed by atoms with Crippen molar-refractivity contribution in [1.29, 1.82) is 0 Å². The molecule has 0 unspecified atom stereocenters. The molecule has 0 atom stereocenters. The monoisotopic (exact) mass is 496 g/mol. The minimum atomic E-state index is -0.735. The van der Waals surface area contributed by atoms with Crippen molar-refractivity contribution in [2.45, 2.75) is 20.4 Å². The van der Waals surface area contributed by atoms with Crippen molar-refractivity contribution in [3.8, 4) is 11.5 Å². The molecular weight excluding hydrogens is 476 g/mol. The lowest BCUT2D eigenvalue weighted by Crippen LogP contribution is -2.24. The first-order valence-corrected chi connectivity index (χ1v) is 10.3. The minimum absolute atomic E-state index is 0.105. The summed E-state index contributed by atoms with van der Waals surface area (Å²) < 4.78 is 11.8. The highest BCUT2D eigenvalue weighted by Gasteiger charge is 2.22. The van der Waals surface area contributed by atoms with Crippen LogP contribution in [-0.4, -0.2) is 44.8 Å². The molecule has 0 bridgehead atoms. The van der Waals surface area contributed by atoms with Crippen LogP contribution in [-0.2, 0) is 11.3 Å². The SMILES string of the molecule is COc1cc(C=NNC(=O)Cn2nc(C)c([N+](=O)[O-])c2C)ccc1OC(=O)c1ccc([N+](=O)[O-])cc1. The van der Waals surface area contributed by atoms with Gasteiger partial charge in [0, 0.05) is 12.1 Å². The van der Waals surface area contributed by atoms with Crippen LogP contribution in [0.25, 0.3) is 0 Å². The highest BCUT2D eigenvalue weighted by atomic mass is 16.6. The van der Waals surface area contributed by atoms with Crippen LogP contribution < -0.4 is 14.9 Å². The van der Waals surface area contributed by atoms with E-state index in [-0.39, 0.29) is 46.4 Å². The Morgan fingerprint density at radius 3 is 2.36 bits per heavy atom. The Kier molecular flexibility index (Phi) is 7.69. The van der Waals surface area contributed by atoms with E-state index in [1.54, 1.807) is 6.07 Å². The second-order valence-corrected chi connectivity index (χ2v) is 7.33. The first-order chi connectivity index (χ1) is 17.1. The van der Waals surface area contributed by atoms with Crippen molar-refractivity contribution in [1.82, 2.24) is 15.2 Å². The smallest absolute Gasteiger partial charge is 0.343 e. The minimum Gasteiger partial charge on any atom is -0.493 e. The number of carbonyl (C=O) groups is 2. The number of ether oxygens (including phenoxy) is 2. The largest absolute Gasteiger partial charge is 0.493 e. The van der Waals surface area contributed by atoms with Gasteiger partial charge in [0.1, 0.15) is 17.9 Å². The van der Waals surface area contributed by atoms with Crippen LogP contribution in [0, 0.1) is 34.1 Å². The third-order valence-corrected chi connectivity index (χ3v) is 4.93. The second kappa shape index (κ2) is 10.9. The molecule has 0 saturated heterocycles. The number of nitrogens with zero attached hydrogens (tertiary/aromatic N) is 5. The third kappa shape index (κ3) is 5.85. The van der Waals surface area contributed by atoms with E-state index in [1.165, 1.54) is 68.3 Å². The molecule has 0 aliphatic rings. The van der Waals surface area contributed by atoms with Gasteiger partial charge < -0.3 is 9.47 Å². The zero-order chi connectivity index (χ0) is 26.4. The Balaban J connectivity index is 1.63. The number of rotatable bonds is 9. The average molecular weight is 496 g/mol. The fourth-order valence-electron chi connectivity index (χ4n) is 3.18. The topological polar surface area (TPSA) is 181 Å². The van der Waals surface area contributed by atoms with Gasteiger partial charge in [-0.2, -0.15) is 10.2 Å². The van der Waals surface area contributed by atoms with Crippen molar-refractivity contribution in [2.75, 3.05) is 7.11 Å². The first-order valence-electron chi connectivity index (χ1n) is 10.3. The summed E-state index contributed by atoms with van der Waals surface area (Å²) in [5, 5.41) is 29.7. The van der Waals surface area contributed by atoms with Gasteiger partial charge >= 0.3 is 11.7 Å². The van der Waals surface area contributed by atoms with E-state index in [1.807, 2.05) is 0 Å². The van der Waals surface area contributed by atoms with E-state index in [2.05, 4.69) is 15.6 Å². The first kappa shape index (κ1) is 25.5. The van der Waals surface area contributed by atoms with Gasteiger partial charge in [-0.15, -0.1) is 0 Å². The lowest BCUT2D eigenvalue weighted by Gasteiger charge is -2.10. The van der Waals surface area contributed by atoms with E-state index in [0.717, 1.165) is 0 Å². The number of aromatic nitrogens is 2. The molecule has 0 saturated carbocycles. The van der Waals surface area contributed by atoms with Crippen LogP contribution in [0.2, 0.25) is 0 Å². The molecule has 0 spiro atoms. The molecule has 1 aromatic heterocycles. The lowest BCUT2D eigenvalue weighted by molar-refractivity contribution is -0.386. The molecule has 0 aliphatic heterocycles. The van der Waals surface area contributed by atoms with E-state index in [9.17, 15) is 29.8 Å². The van der Waals surface area contributed by atoms with Crippen molar-refractivity contribution in [2.24, 2.45) is 5.10 Å². The van der Waals surface area contributed by atoms with Gasteiger partial charge in [0.2, 0.25) is 0 Å². The molecule has 3 aromatic rings. The summed E-state index contributed by atoms with van der Waals surface area (Å²) in [5.74, 6) is -0.975. The van der Waals surface area contributed by atoms with E-state index < -0.39 is 21.7 Å². The Hall–Kier alpha value is -5.14. The number of carbonyl (C=O) groups excluding carboxylic acids is 2. The van der Waals surface area contributed by atoms with Crippen molar-refractivity contribution in [3.05, 3.63) is 85.2 Å². The molecule has 3 rings (SSSR count). The van der Waals surface area contributed by atoms with Gasteiger partial charge in [0.05, 0.1) is 28.7 Å². The van der Waals surface area contributed by atoms with Crippen LogP contribution in [0.1, 0.15) is 27.3 Å². The Morgan fingerprint density at radius 2 is 1.78 bits per heavy atom. The number of esters is 1. The third-order valence-electron chi connectivity index (χ3n) is 4.93. The molecule has 0 aliphatic carbocycles. The van der Waals surface area contributed by atoms with Crippen molar-refractivity contribution in [3.63, 3.8) is 0 Å². The zero-order valence-corrected chi connectivity index (χ0v) is 19.3. The van der Waals surface area contributed by atoms with Gasteiger partial charge in [-0.1, -0.05) is 0 Å². The highest BCUT2D eigenvalue weighted by Crippen LogP contribution is 2.28. The van der Waals surface area contributed by atoms with Crippen LogP contribution >= 0.6 is 0 Å². The van der Waals surface area contributed by atoms with Gasteiger partial charge in [-0.05, 0) is 49.7 Å². The standard InChI is InChI=1S/C22H20N6O8/c1-13-21(28(33)34)14(2)26(25-13)12-20(29)24-23-11-15-4-9-18(19(10-15)35-3)36-22(30)16-5-7-17(8-6-16)27(31)32/h4-11H,12H2,1-3H3,(H,24,29). The molecule has 1 amide bonds. The predicted octanol–water partition coefficient (Wildman–Crippen LogP) is 2.69. The number of hydrogen-bond acceptors (Lipinski definition) is 10. The van der Waals surface area contributed by atoms with Gasteiger partial charge in [-0.25, -0.2) is 10.2 Å². The number of nitrogens with one attached hydrogen (secondary N) is 1. The number of hydrazone groups is 1. The number of nitro groups is 2. The lowest BCUT2D eigenvalue weighted by atomic mass is 10.2. The maximum atomic E-state index is 12.4. The molecule has 186 valence electrons. The summed E-state index contributed by atoms with van der Waals surface area (Å²) >= 11 is 0. The van der Waals surface area contributed by atoms with Crippen LogP contribution in [0.5, 0.6) is 11.5 Å². The van der Waals surface area contributed by atoms with E-state index >= 15 is 0 Å². The van der Waals surface area contributed by atoms with E-state index in [0.29, 0.717) is 5.56 Å². The molecule has 2 aromatic carbocycles. The molecule has 36 heavy (non-hydrogen) atoms. The quantitative estimate of drug-likeness (QED) is 0.153. The van der Waals surface area contributed by atoms with Gasteiger partial charge in [-0.3, -0.25) is 29.7 Å². The molecule has 14 heteroatoms. The summed E-state index contributed by atoms with van der Waals surface area (Å²) in [6.45, 7) is 2.72. The highest BCUT2D eigenvalue weighted by molar-refractivity contribution is 5.92. The average Bonchev–Trinajstić information content (AvgIpc) is 3.12. The number of methoxy groups -OCH3 is 1. The Bertz CT molecular complexity index is 1360. The summed E-state index contributed by atoms with van der Waals surface area (Å²) in [6.07, 6.45) is 1.33. The van der Waals surface area contributed by atoms with Crippen molar-refractivity contribution < 1.29 is 28.9 Å². The number of non-ortho nitro benzene ring substituents is 1. The normalized spacial score (nSPS) is 10.8. The molecule has 1 heterocycles. The van der Waals surface area contributed by atoms with Gasteiger partial charge in [0.25, 0.3) is 11.6 Å². The second-order valence-electron chi connectivity index (χ2n) is 7.33. The Labute approximate surface area is 203 Å². The van der Waals surface area contributed by atoms with Crippen LogP contribution in [0.3, 0.4) is 0 Å². The molecule has 1 N–H and O–H groups in total. The maximum absolute atomic E-state index is 12.4. The fourth-order valence-corrected chi connectivity index (χ4v) is 3.18. The number of nitro benzene ring substituents is 1. The van der Waals surface area contributed by atoms with Gasteiger partial charge in [0.15, 0.2) is 11.5 Å². The molecule has 14 nitrogen and oxygen atoms in total. The van der Waals surface area contributed by atoms with Crippen LogP contribution in [0.15, 0.2) is 47.6 Å². The van der Waals surface area contributed by atoms with E-state index in [4.69, 9.17) is 9.47 Å². The summed E-state index contributed by atoms with van der Waals surface area (Å²) in [7, 11) is 1.37. The molecule has 0 fully saturated rings. The summed E-state index contributed by atoms with van der Waals surface area (Å²) in [6, 6.07) is 9.47. The maximum Gasteiger partial charge on any atom is 0.343 e. The Morgan fingerprint density at radius 1 is 1.08 bits per heavy atom. The number of hydrogen-bond donors (Lipinski definition) is 1. The molecule has 0 radical (unpaired) electrons. The van der Waals surface area contributed by atoms with Crippen molar-refractivity contribution >= 4 is 29.5 Å². The summed E-state index contributed by atoms with van der Waals surface area (Å²) in [5.41, 5.74) is 3.08. The number of aryl methyl sites for hydroxylation is 1.